The van der Waals surface area contributed by atoms with Gasteiger partial charge in [-0.1, -0.05) is 24.3 Å². The normalized spacial score (nSPS) is 18.7. The van der Waals surface area contributed by atoms with E-state index in [9.17, 15) is 4.79 Å². The van der Waals surface area contributed by atoms with Gasteiger partial charge in [0.05, 0.1) is 24.2 Å². The van der Waals surface area contributed by atoms with Gasteiger partial charge in [0.2, 0.25) is 0 Å². The van der Waals surface area contributed by atoms with Crippen LogP contribution in [0.25, 0.3) is 22.2 Å². The third-order valence-electron chi connectivity index (χ3n) is 5.15. The van der Waals surface area contributed by atoms with Crippen LogP contribution in [0.4, 0.5) is 0 Å². The number of rotatable bonds is 3. The third-order valence-corrected chi connectivity index (χ3v) is 5.15. The van der Waals surface area contributed by atoms with Crippen molar-refractivity contribution in [2.24, 2.45) is 0 Å². The molecule has 0 saturated carbocycles. The Labute approximate surface area is 146 Å². The van der Waals surface area contributed by atoms with Crippen molar-refractivity contribution in [1.82, 2.24) is 14.9 Å². The zero-order chi connectivity index (χ0) is 17.4. The Balaban J connectivity index is 1.68. The van der Waals surface area contributed by atoms with Crippen LogP contribution in [-0.2, 0) is 11.3 Å². The fourth-order valence-corrected chi connectivity index (χ4v) is 3.58. The van der Waals surface area contributed by atoms with Crippen LogP contribution in [0.3, 0.4) is 0 Å². The van der Waals surface area contributed by atoms with Crippen molar-refractivity contribution in [3.8, 4) is 11.1 Å². The van der Waals surface area contributed by atoms with Crippen molar-refractivity contribution >= 4 is 11.0 Å². The van der Waals surface area contributed by atoms with Crippen molar-refractivity contribution in [2.75, 3.05) is 19.8 Å². The molecule has 1 aliphatic rings. The first-order chi connectivity index (χ1) is 12.1. The number of fused-ring (bicyclic) bond motifs is 1. The molecule has 0 spiro atoms. The molecule has 1 aromatic heterocycles. The van der Waals surface area contributed by atoms with E-state index in [1.165, 1.54) is 16.7 Å². The summed E-state index contributed by atoms with van der Waals surface area (Å²) in [5.41, 5.74) is 6.48. The van der Waals surface area contributed by atoms with E-state index >= 15 is 0 Å². The molecule has 2 N–H and O–H groups in total. The molecule has 4 rings (SSSR count). The number of nitrogens with zero attached hydrogens (tertiary/aromatic N) is 1. The van der Waals surface area contributed by atoms with Gasteiger partial charge in [-0.05, 0) is 48.2 Å². The number of aromatic amines is 2. The topological polar surface area (TPSA) is 61.1 Å². The molecule has 0 amide bonds. The van der Waals surface area contributed by atoms with Gasteiger partial charge in [0.15, 0.2) is 0 Å². The number of imidazole rings is 1. The SMILES string of the molecule is Cc1c(CN2CCOC[C@H]2C)cccc1-c1ccc2[nH]c(=O)[nH]c2c1. The molecule has 5 heteroatoms. The number of aromatic nitrogens is 2. The predicted molar refractivity (Wildman–Crippen MR) is 99.8 cm³/mol. The summed E-state index contributed by atoms with van der Waals surface area (Å²) in [5, 5.41) is 0. The van der Waals surface area contributed by atoms with Crippen molar-refractivity contribution in [3.05, 3.63) is 58.0 Å². The third kappa shape index (κ3) is 3.13. The Morgan fingerprint density at radius 1 is 1.20 bits per heavy atom. The lowest BCUT2D eigenvalue weighted by Gasteiger charge is -2.33. The fraction of sp³-hybridized carbons (Fsp3) is 0.350. The average Bonchev–Trinajstić information content (AvgIpc) is 2.98. The van der Waals surface area contributed by atoms with Crippen LogP contribution in [0, 0.1) is 6.92 Å². The monoisotopic (exact) mass is 337 g/mol. The van der Waals surface area contributed by atoms with E-state index < -0.39 is 0 Å². The van der Waals surface area contributed by atoms with E-state index in [1.54, 1.807) is 0 Å². The number of benzene rings is 2. The number of ether oxygens (including phenoxy) is 1. The molecule has 2 aromatic carbocycles. The van der Waals surface area contributed by atoms with E-state index in [0.29, 0.717) is 6.04 Å². The number of H-pyrrole nitrogens is 2. The van der Waals surface area contributed by atoms with Gasteiger partial charge in [-0.3, -0.25) is 4.90 Å². The molecule has 0 bridgehead atoms. The molecule has 130 valence electrons. The molecule has 0 unspecified atom stereocenters. The van der Waals surface area contributed by atoms with Gasteiger partial charge in [0.1, 0.15) is 0 Å². The number of nitrogens with one attached hydrogen (secondary N) is 2. The molecule has 25 heavy (non-hydrogen) atoms. The molecule has 1 fully saturated rings. The van der Waals surface area contributed by atoms with Crippen LogP contribution in [0.2, 0.25) is 0 Å². The van der Waals surface area contributed by atoms with Gasteiger partial charge < -0.3 is 14.7 Å². The molecule has 0 aliphatic carbocycles. The van der Waals surface area contributed by atoms with Gasteiger partial charge in [-0.25, -0.2) is 4.79 Å². The summed E-state index contributed by atoms with van der Waals surface area (Å²) in [6.07, 6.45) is 0. The van der Waals surface area contributed by atoms with E-state index in [0.717, 1.165) is 42.9 Å². The van der Waals surface area contributed by atoms with Crippen LogP contribution in [0.5, 0.6) is 0 Å². The Hall–Kier alpha value is -2.37. The Bertz CT molecular complexity index is 957. The van der Waals surface area contributed by atoms with Gasteiger partial charge in [-0.15, -0.1) is 0 Å². The van der Waals surface area contributed by atoms with Crippen LogP contribution < -0.4 is 5.69 Å². The molecule has 1 atom stereocenters. The van der Waals surface area contributed by atoms with Gasteiger partial charge in [-0.2, -0.15) is 0 Å². The highest BCUT2D eigenvalue weighted by molar-refractivity contribution is 5.82. The van der Waals surface area contributed by atoms with E-state index in [1.807, 2.05) is 12.1 Å². The summed E-state index contributed by atoms with van der Waals surface area (Å²) in [5.74, 6) is 0. The lowest BCUT2D eigenvalue weighted by Crippen LogP contribution is -2.43. The number of hydrogen-bond donors (Lipinski definition) is 2. The summed E-state index contributed by atoms with van der Waals surface area (Å²) >= 11 is 0. The zero-order valence-electron chi connectivity index (χ0n) is 14.6. The first kappa shape index (κ1) is 16.1. The second kappa shape index (κ2) is 6.50. The summed E-state index contributed by atoms with van der Waals surface area (Å²) in [4.78, 5) is 19.6. The second-order valence-electron chi connectivity index (χ2n) is 6.82. The number of hydrogen-bond acceptors (Lipinski definition) is 3. The van der Waals surface area contributed by atoms with Crippen molar-refractivity contribution in [1.29, 1.82) is 0 Å². The fourth-order valence-electron chi connectivity index (χ4n) is 3.58. The predicted octanol–water partition coefficient (Wildman–Crippen LogP) is 3.05. The van der Waals surface area contributed by atoms with E-state index in [-0.39, 0.29) is 5.69 Å². The Kier molecular flexibility index (Phi) is 4.19. The lowest BCUT2D eigenvalue weighted by atomic mass is 9.95. The Morgan fingerprint density at radius 2 is 2.04 bits per heavy atom. The molecular formula is C20H23N3O2. The highest BCUT2D eigenvalue weighted by Crippen LogP contribution is 2.28. The van der Waals surface area contributed by atoms with Crippen molar-refractivity contribution in [2.45, 2.75) is 26.4 Å². The van der Waals surface area contributed by atoms with Gasteiger partial charge in [0, 0.05) is 19.1 Å². The maximum Gasteiger partial charge on any atom is 0.323 e. The summed E-state index contributed by atoms with van der Waals surface area (Å²) in [6, 6.07) is 13.0. The summed E-state index contributed by atoms with van der Waals surface area (Å²) < 4.78 is 5.54. The zero-order valence-corrected chi connectivity index (χ0v) is 14.6. The molecule has 1 saturated heterocycles. The molecular weight excluding hydrogens is 314 g/mol. The molecule has 5 nitrogen and oxygen atoms in total. The minimum absolute atomic E-state index is 0.168. The highest BCUT2D eigenvalue weighted by Gasteiger charge is 2.20. The van der Waals surface area contributed by atoms with Crippen molar-refractivity contribution < 1.29 is 4.74 Å². The van der Waals surface area contributed by atoms with E-state index in [4.69, 9.17) is 4.74 Å². The molecule has 1 aliphatic heterocycles. The smallest absolute Gasteiger partial charge is 0.323 e. The van der Waals surface area contributed by atoms with Crippen LogP contribution in [0.15, 0.2) is 41.2 Å². The Morgan fingerprint density at radius 3 is 2.88 bits per heavy atom. The summed E-state index contributed by atoms with van der Waals surface area (Å²) in [6.45, 7) is 7.92. The standard InChI is InChI=1S/C20H23N3O2/c1-13-12-25-9-8-23(13)11-16-4-3-5-17(14(16)2)15-6-7-18-19(10-15)22-20(24)21-18/h3-7,10,13H,8-9,11-12H2,1-2H3,(H2,21,22,24)/t13-/m1/s1. The minimum Gasteiger partial charge on any atom is -0.379 e. The van der Waals surface area contributed by atoms with Gasteiger partial charge >= 0.3 is 5.69 Å². The first-order valence-corrected chi connectivity index (χ1v) is 8.74. The molecule has 2 heterocycles. The van der Waals surface area contributed by atoms with Crippen LogP contribution in [0.1, 0.15) is 18.1 Å². The summed E-state index contributed by atoms with van der Waals surface area (Å²) in [7, 11) is 0. The van der Waals surface area contributed by atoms with Crippen LogP contribution in [-0.4, -0.2) is 40.7 Å². The maximum absolute atomic E-state index is 11.5. The van der Waals surface area contributed by atoms with Crippen LogP contribution >= 0.6 is 0 Å². The first-order valence-electron chi connectivity index (χ1n) is 8.74. The van der Waals surface area contributed by atoms with Crippen molar-refractivity contribution in [3.63, 3.8) is 0 Å². The van der Waals surface area contributed by atoms with Gasteiger partial charge in [0.25, 0.3) is 0 Å². The maximum atomic E-state index is 11.5. The highest BCUT2D eigenvalue weighted by atomic mass is 16.5. The molecule has 3 aromatic rings. The lowest BCUT2D eigenvalue weighted by molar-refractivity contribution is -0.00443. The van der Waals surface area contributed by atoms with E-state index in [2.05, 4.69) is 53.0 Å². The molecule has 0 radical (unpaired) electrons. The average molecular weight is 337 g/mol. The largest absolute Gasteiger partial charge is 0.379 e. The minimum atomic E-state index is -0.168. The second-order valence-corrected chi connectivity index (χ2v) is 6.82. The number of morpholine rings is 1. The quantitative estimate of drug-likeness (QED) is 0.772.